The van der Waals surface area contributed by atoms with E-state index in [0.717, 1.165) is 18.5 Å². The molecule has 4 heteroatoms. The van der Waals surface area contributed by atoms with Crippen molar-refractivity contribution in [3.8, 4) is 0 Å². The number of aliphatic imine (C=N–C) groups is 1. The molecule has 0 saturated heterocycles. The fourth-order valence-corrected chi connectivity index (χ4v) is 2.82. The standard InChI is InChI=1S/C14H18FN3/c1-14(8-10-2-4-11(15)5-3-10)9-17-13(16)18(14)12-6-7-12/h2-5,12H,6-9H2,1H3,(H2,16,17). The maximum Gasteiger partial charge on any atom is 0.192 e. The average molecular weight is 247 g/mol. The van der Waals surface area contributed by atoms with E-state index in [1.165, 1.54) is 25.0 Å². The molecule has 0 aromatic heterocycles. The van der Waals surface area contributed by atoms with Gasteiger partial charge in [-0.2, -0.15) is 0 Å². The van der Waals surface area contributed by atoms with Crippen LogP contribution in [0.25, 0.3) is 0 Å². The van der Waals surface area contributed by atoms with E-state index in [2.05, 4.69) is 16.8 Å². The molecule has 1 unspecified atom stereocenters. The van der Waals surface area contributed by atoms with Crippen LogP contribution >= 0.6 is 0 Å². The highest BCUT2D eigenvalue weighted by atomic mass is 19.1. The number of hydrogen-bond acceptors (Lipinski definition) is 3. The molecule has 2 N–H and O–H groups in total. The molecule has 1 aliphatic heterocycles. The van der Waals surface area contributed by atoms with Crippen molar-refractivity contribution in [2.75, 3.05) is 6.54 Å². The van der Waals surface area contributed by atoms with Gasteiger partial charge in [0.1, 0.15) is 5.82 Å². The van der Waals surface area contributed by atoms with Crippen molar-refractivity contribution in [2.24, 2.45) is 10.7 Å². The highest BCUT2D eigenvalue weighted by Gasteiger charge is 2.45. The van der Waals surface area contributed by atoms with Gasteiger partial charge >= 0.3 is 0 Å². The van der Waals surface area contributed by atoms with E-state index < -0.39 is 0 Å². The molecule has 1 atom stereocenters. The first-order chi connectivity index (χ1) is 8.58. The number of guanidine groups is 1. The van der Waals surface area contributed by atoms with E-state index in [-0.39, 0.29) is 11.4 Å². The molecule has 1 heterocycles. The lowest BCUT2D eigenvalue weighted by Gasteiger charge is -2.36. The van der Waals surface area contributed by atoms with E-state index >= 15 is 0 Å². The van der Waals surface area contributed by atoms with Gasteiger partial charge in [-0.3, -0.25) is 4.99 Å². The fourth-order valence-electron chi connectivity index (χ4n) is 2.82. The summed E-state index contributed by atoms with van der Waals surface area (Å²) >= 11 is 0. The van der Waals surface area contributed by atoms with Gasteiger partial charge in [0.05, 0.1) is 12.1 Å². The summed E-state index contributed by atoms with van der Waals surface area (Å²) < 4.78 is 12.9. The summed E-state index contributed by atoms with van der Waals surface area (Å²) in [6.45, 7) is 2.92. The summed E-state index contributed by atoms with van der Waals surface area (Å²) in [7, 11) is 0. The van der Waals surface area contributed by atoms with Gasteiger partial charge in [-0.05, 0) is 43.9 Å². The molecule has 0 spiro atoms. The Morgan fingerprint density at radius 1 is 1.39 bits per heavy atom. The lowest BCUT2D eigenvalue weighted by Crippen LogP contribution is -2.52. The predicted molar refractivity (Wildman–Crippen MR) is 69.9 cm³/mol. The summed E-state index contributed by atoms with van der Waals surface area (Å²) in [5.74, 6) is 0.479. The van der Waals surface area contributed by atoms with Crippen molar-refractivity contribution >= 4 is 5.96 Å². The van der Waals surface area contributed by atoms with Crippen LogP contribution in [0, 0.1) is 5.82 Å². The van der Waals surface area contributed by atoms with E-state index in [1.807, 2.05) is 12.1 Å². The third-order valence-electron chi connectivity index (χ3n) is 3.82. The zero-order chi connectivity index (χ0) is 12.8. The molecule has 1 saturated carbocycles. The van der Waals surface area contributed by atoms with Gasteiger partial charge in [-0.15, -0.1) is 0 Å². The van der Waals surface area contributed by atoms with Gasteiger partial charge in [0.15, 0.2) is 5.96 Å². The summed E-state index contributed by atoms with van der Waals surface area (Å²) in [6.07, 6.45) is 3.26. The second kappa shape index (κ2) is 3.97. The Morgan fingerprint density at radius 2 is 2.06 bits per heavy atom. The van der Waals surface area contributed by atoms with Gasteiger partial charge in [0.2, 0.25) is 0 Å². The smallest absolute Gasteiger partial charge is 0.192 e. The van der Waals surface area contributed by atoms with Crippen LogP contribution in [0.4, 0.5) is 4.39 Å². The highest BCUT2D eigenvalue weighted by Crippen LogP contribution is 2.37. The quantitative estimate of drug-likeness (QED) is 0.886. The second-order valence-corrected chi connectivity index (χ2v) is 5.58. The predicted octanol–water partition coefficient (Wildman–Crippen LogP) is 1.92. The first-order valence-electron chi connectivity index (χ1n) is 6.42. The van der Waals surface area contributed by atoms with E-state index in [4.69, 9.17) is 5.73 Å². The van der Waals surface area contributed by atoms with Crippen LogP contribution in [-0.4, -0.2) is 29.0 Å². The lowest BCUT2D eigenvalue weighted by atomic mass is 9.91. The largest absolute Gasteiger partial charge is 0.370 e. The van der Waals surface area contributed by atoms with Gasteiger partial charge < -0.3 is 10.6 Å². The Labute approximate surface area is 106 Å². The first-order valence-corrected chi connectivity index (χ1v) is 6.42. The van der Waals surface area contributed by atoms with Crippen molar-refractivity contribution in [3.63, 3.8) is 0 Å². The minimum atomic E-state index is -0.190. The average Bonchev–Trinajstić information content (AvgIpc) is 3.10. The zero-order valence-electron chi connectivity index (χ0n) is 10.6. The topological polar surface area (TPSA) is 41.6 Å². The monoisotopic (exact) mass is 247 g/mol. The van der Waals surface area contributed by atoms with Crippen LogP contribution < -0.4 is 5.73 Å². The SMILES string of the molecule is CC1(Cc2ccc(F)cc2)CN=C(N)N1C1CC1. The van der Waals surface area contributed by atoms with Crippen LogP contribution in [0.3, 0.4) is 0 Å². The molecular formula is C14H18FN3. The number of halogens is 1. The van der Waals surface area contributed by atoms with Gasteiger partial charge in [0.25, 0.3) is 0 Å². The molecule has 0 amide bonds. The van der Waals surface area contributed by atoms with Crippen LogP contribution in [0.1, 0.15) is 25.3 Å². The fraction of sp³-hybridized carbons (Fsp3) is 0.500. The van der Waals surface area contributed by atoms with E-state index in [1.54, 1.807) is 0 Å². The number of nitrogens with two attached hydrogens (primary N) is 1. The summed E-state index contributed by atoms with van der Waals surface area (Å²) in [5.41, 5.74) is 7.07. The molecule has 2 aliphatic rings. The maximum atomic E-state index is 12.9. The Kier molecular flexibility index (Phi) is 2.54. The van der Waals surface area contributed by atoms with Crippen molar-refractivity contribution < 1.29 is 4.39 Å². The maximum absolute atomic E-state index is 12.9. The molecule has 1 aromatic carbocycles. The van der Waals surface area contributed by atoms with Crippen molar-refractivity contribution in [2.45, 2.75) is 37.8 Å². The van der Waals surface area contributed by atoms with Crippen molar-refractivity contribution in [1.82, 2.24) is 4.90 Å². The summed E-state index contributed by atoms with van der Waals surface area (Å²) in [4.78, 5) is 6.65. The Morgan fingerprint density at radius 3 is 2.67 bits per heavy atom. The molecule has 3 rings (SSSR count). The van der Waals surface area contributed by atoms with E-state index in [0.29, 0.717) is 12.0 Å². The number of hydrogen-bond donors (Lipinski definition) is 1. The third kappa shape index (κ3) is 1.96. The Hall–Kier alpha value is -1.58. The number of rotatable bonds is 3. The number of nitrogens with zero attached hydrogens (tertiary/aromatic N) is 2. The molecule has 1 fully saturated rings. The van der Waals surface area contributed by atoms with Gasteiger partial charge in [0, 0.05) is 6.04 Å². The van der Waals surface area contributed by atoms with Crippen LogP contribution in [-0.2, 0) is 6.42 Å². The van der Waals surface area contributed by atoms with Gasteiger partial charge in [-0.1, -0.05) is 12.1 Å². The minimum Gasteiger partial charge on any atom is -0.370 e. The molecule has 0 bridgehead atoms. The normalized spacial score (nSPS) is 27.4. The minimum absolute atomic E-state index is 0.0525. The summed E-state index contributed by atoms with van der Waals surface area (Å²) in [6, 6.07) is 7.28. The third-order valence-corrected chi connectivity index (χ3v) is 3.82. The van der Waals surface area contributed by atoms with Crippen LogP contribution in [0.5, 0.6) is 0 Å². The molecule has 18 heavy (non-hydrogen) atoms. The highest BCUT2D eigenvalue weighted by molar-refractivity contribution is 5.81. The van der Waals surface area contributed by atoms with Crippen molar-refractivity contribution in [3.05, 3.63) is 35.6 Å². The van der Waals surface area contributed by atoms with E-state index in [9.17, 15) is 4.39 Å². The first kappa shape index (κ1) is 11.5. The molecule has 1 aromatic rings. The molecule has 1 aliphatic carbocycles. The summed E-state index contributed by atoms with van der Waals surface area (Å²) in [5, 5.41) is 0. The number of benzene rings is 1. The molecule has 3 nitrogen and oxygen atoms in total. The molecule has 0 radical (unpaired) electrons. The van der Waals surface area contributed by atoms with Crippen LogP contribution in [0.15, 0.2) is 29.3 Å². The second-order valence-electron chi connectivity index (χ2n) is 5.58. The Balaban J connectivity index is 1.80. The molecule has 96 valence electrons. The van der Waals surface area contributed by atoms with Gasteiger partial charge in [-0.25, -0.2) is 4.39 Å². The van der Waals surface area contributed by atoms with Crippen LogP contribution in [0.2, 0.25) is 0 Å². The lowest BCUT2D eigenvalue weighted by molar-refractivity contribution is 0.212. The zero-order valence-corrected chi connectivity index (χ0v) is 10.6. The van der Waals surface area contributed by atoms with Crippen molar-refractivity contribution in [1.29, 1.82) is 0 Å². The Bertz CT molecular complexity index is 478. The molecular weight excluding hydrogens is 229 g/mol.